The zero-order valence-electron chi connectivity index (χ0n) is 8.13. The second kappa shape index (κ2) is 4.75. The molecule has 0 radical (unpaired) electrons. The first-order valence-electron chi connectivity index (χ1n) is 3.93. The van der Waals surface area contributed by atoms with Crippen LogP contribution < -0.4 is 0 Å². The first kappa shape index (κ1) is 11.0. The van der Waals surface area contributed by atoms with Gasteiger partial charge in [-0.3, -0.25) is 4.79 Å². The highest BCUT2D eigenvalue weighted by Gasteiger charge is 2.24. The molecule has 0 heterocycles. The molecule has 0 saturated carbocycles. The fourth-order valence-electron chi connectivity index (χ4n) is 0.738. The Balaban J connectivity index is 4.30. The van der Waals surface area contributed by atoms with Gasteiger partial charge < -0.3 is 4.74 Å². The van der Waals surface area contributed by atoms with Gasteiger partial charge in [0.05, 0.1) is 12.5 Å². The van der Waals surface area contributed by atoms with Gasteiger partial charge in [0.2, 0.25) is 0 Å². The molecule has 0 atom stereocenters. The third kappa shape index (κ3) is 3.37. The Morgan fingerprint density at radius 3 is 2.33 bits per heavy atom. The molecule has 0 aromatic rings. The van der Waals surface area contributed by atoms with Crippen molar-refractivity contribution < 1.29 is 9.53 Å². The average molecular weight is 168 g/mol. The lowest BCUT2D eigenvalue weighted by molar-refractivity contribution is -0.148. The van der Waals surface area contributed by atoms with Crippen LogP contribution in [0.15, 0.2) is 24.3 Å². The molecule has 0 aromatic heterocycles. The van der Waals surface area contributed by atoms with E-state index < -0.39 is 5.41 Å². The minimum absolute atomic E-state index is 0.219. The fourth-order valence-corrected chi connectivity index (χ4v) is 0.738. The highest BCUT2D eigenvalue weighted by atomic mass is 16.5. The summed E-state index contributed by atoms with van der Waals surface area (Å²) in [6.07, 6.45) is 7.45. The van der Waals surface area contributed by atoms with E-state index in [9.17, 15) is 4.79 Å². The molecule has 2 nitrogen and oxygen atoms in total. The Kier molecular flexibility index (Phi) is 4.34. The molecule has 0 aliphatic heterocycles. The molecule has 2 heteroatoms. The van der Waals surface area contributed by atoms with E-state index in [1.54, 1.807) is 0 Å². The molecule has 0 aliphatic carbocycles. The lowest BCUT2D eigenvalue weighted by Gasteiger charge is -2.15. The lowest BCUT2D eigenvalue weighted by atomic mass is 9.93. The molecule has 68 valence electrons. The number of methoxy groups -OCH3 is 1. The predicted octanol–water partition coefficient (Wildman–Crippen LogP) is 2.32. The predicted molar refractivity (Wildman–Crippen MR) is 49.8 cm³/mol. The van der Waals surface area contributed by atoms with Crippen molar-refractivity contribution in [3.05, 3.63) is 24.3 Å². The normalized spacial score (nSPS) is 12.7. The van der Waals surface area contributed by atoms with Crippen LogP contribution in [0.5, 0.6) is 0 Å². The van der Waals surface area contributed by atoms with Crippen molar-refractivity contribution in [2.24, 2.45) is 5.41 Å². The van der Waals surface area contributed by atoms with Crippen LogP contribution in [-0.2, 0) is 9.53 Å². The highest BCUT2D eigenvalue weighted by molar-refractivity contribution is 5.78. The van der Waals surface area contributed by atoms with Crippen LogP contribution in [0.3, 0.4) is 0 Å². The molecule has 0 saturated heterocycles. The van der Waals surface area contributed by atoms with Crippen LogP contribution in [0.25, 0.3) is 0 Å². The zero-order chi connectivity index (χ0) is 9.61. The van der Waals surface area contributed by atoms with E-state index in [1.807, 2.05) is 45.1 Å². The van der Waals surface area contributed by atoms with Crippen LogP contribution in [0.4, 0.5) is 0 Å². The summed E-state index contributed by atoms with van der Waals surface area (Å²) in [5.41, 5.74) is -0.533. The smallest absolute Gasteiger partial charge is 0.315 e. The molecule has 0 spiro atoms. The van der Waals surface area contributed by atoms with Gasteiger partial charge in [-0.2, -0.15) is 0 Å². The molecular formula is C10H16O2. The average Bonchev–Trinajstić information content (AvgIpc) is 2.03. The Morgan fingerprint density at radius 2 is 1.92 bits per heavy atom. The third-order valence-corrected chi connectivity index (χ3v) is 1.53. The summed E-state index contributed by atoms with van der Waals surface area (Å²) < 4.78 is 4.63. The van der Waals surface area contributed by atoms with Gasteiger partial charge in [-0.25, -0.2) is 0 Å². The van der Waals surface area contributed by atoms with Gasteiger partial charge >= 0.3 is 5.97 Å². The van der Waals surface area contributed by atoms with Gasteiger partial charge in [-0.05, 0) is 20.8 Å². The zero-order valence-corrected chi connectivity index (χ0v) is 8.13. The molecule has 0 unspecified atom stereocenters. The van der Waals surface area contributed by atoms with Gasteiger partial charge in [-0.1, -0.05) is 24.3 Å². The standard InChI is InChI=1S/C10H16O2/c1-5-6-7-8-10(2,3)9(11)12-4/h5-8H,1-4H3/b6-5+,8-7+. The second-order valence-corrected chi connectivity index (χ2v) is 3.10. The summed E-state index contributed by atoms with van der Waals surface area (Å²) in [4.78, 5) is 11.1. The molecule has 0 fully saturated rings. The molecule has 0 bridgehead atoms. The van der Waals surface area contributed by atoms with Crippen molar-refractivity contribution in [1.29, 1.82) is 0 Å². The minimum Gasteiger partial charge on any atom is -0.468 e. The van der Waals surface area contributed by atoms with E-state index in [0.29, 0.717) is 0 Å². The summed E-state index contributed by atoms with van der Waals surface area (Å²) >= 11 is 0. The number of rotatable bonds is 3. The topological polar surface area (TPSA) is 26.3 Å². The second-order valence-electron chi connectivity index (χ2n) is 3.10. The monoisotopic (exact) mass is 168 g/mol. The molecule has 0 aliphatic rings. The van der Waals surface area contributed by atoms with Crippen LogP contribution in [0, 0.1) is 5.41 Å². The maximum Gasteiger partial charge on any atom is 0.315 e. The highest BCUT2D eigenvalue weighted by Crippen LogP contribution is 2.18. The number of allylic oxidation sites excluding steroid dienone is 3. The largest absolute Gasteiger partial charge is 0.468 e. The van der Waals surface area contributed by atoms with E-state index in [0.717, 1.165) is 0 Å². The first-order chi connectivity index (χ1) is 5.54. The van der Waals surface area contributed by atoms with Gasteiger partial charge in [0.1, 0.15) is 0 Å². The van der Waals surface area contributed by atoms with Crippen molar-refractivity contribution >= 4 is 5.97 Å². The van der Waals surface area contributed by atoms with Crippen LogP contribution in [-0.4, -0.2) is 13.1 Å². The Labute approximate surface area is 73.9 Å². The number of carbonyl (C=O) groups excluding carboxylic acids is 1. The fraction of sp³-hybridized carbons (Fsp3) is 0.500. The molecule has 0 aromatic carbocycles. The maximum atomic E-state index is 11.1. The molecule has 0 amide bonds. The molecule has 0 rings (SSSR count). The van der Waals surface area contributed by atoms with E-state index >= 15 is 0 Å². The summed E-state index contributed by atoms with van der Waals surface area (Å²) in [7, 11) is 1.40. The van der Waals surface area contributed by atoms with Gasteiger partial charge in [0.15, 0.2) is 0 Å². The SMILES string of the molecule is C/C=C/C=C/C(C)(C)C(=O)OC. The Hall–Kier alpha value is -1.05. The molecule has 0 N–H and O–H groups in total. The Morgan fingerprint density at radius 1 is 1.33 bits per heavy atom. The number of ether oxygens (including phenoxy) is 1. The van der Waals surface area contributed by atoms with E-state index in [4.69, 9.17) is 0 Å². The molecular weight excluding hydrogens is 152 g/mol. The minimum atomic E-state index is -0.533. The number of carbonyl (C=O) groups is 1. The quantitative estimate of drug-likeness (QED) is 0.477. The van der Waals surface area contributed by atoms with Gasteiger partial charge in [0, 0.05) is 0 Å². The molecule has 12 heavy (non-hydrogen) atoms. The van der Waals surface area contributed by atoms with E-state index in [-0.39, 0.29) is 5.97 Å². The summed E-state index contributed by atoms with van der Waals surface area (Å²) in [5, 5.41) is 0. The van der Waals surface area contributed by atoms with Gasteiger partial charge in [0.25, 0.3) is 0 Å². The number of hydrogen-bond donors (Lipinski definition) is 0. The third-order valence-electron chi connectivity index (χ3n) is 1.53. The number of esters is 1. The lowest BCUT2D eigenvalue weighted by Crippen LogP contribution is -2.22. The van der Waals surface area contributed by atoms with Crippen molar-refractivity contribution in [3.63, 3.8) is 0 Å². The van der Waals surface area contributed by atoms with Crippen molar-refractivity contribution in [3.8, 4) is 0 Å². The van der Waals surface area contributed by atoms with E-state index in [1.165, 1.54) is 7.11 Å². The van der Waals surface area contributed by atoms with Crippen molar-refractivity contribution in [2.75, 3.05) is 7.11 Å². The van der Waals surface area contributed by atoms with Crippen molar-refractivity contribution in [2.45, 2.75) is 20.8 Å². The summed E-state index contributed by atoms with van der Waals surface area (Å²) in [6.45, 7) is 5.56. The van der Waals surface area contributed by atoms with Crippen LogP contribution in [0.1, 0.15) is 20.8 Å². The van der Waals surface area contributed by atoms with Crippen molar-refractivity contribution in [1.82, 2.24) is 0 Å². The Bertz CT molecular complexity index is 200. The van der Waals surface area contributed by atoms with Gasteiger partial charge in [-0.15, -0.1) is 0 Å². The summed E-state index contributed by atoms with van der Waals surface area (Å²) in [5.74, 6) is -0.219. The van der Waals surface area contributed by atoms with Crippen LogP contribution in [0.2, 0.25) is 0 Å². The number of hydrogen-bond acceptors (Lipinski definition) is 2. The summed E-state index contributed by atoms with van der Waals surface area (Å²) in [6, 6.07) is 0. The van der Waals surface area contributed by atoms with Crippen LogP contribution >= 0.6 is 0 Å². The van der Waals surface area contributed by atoms with E-state index in [2.05, 4.69) is 4.74 Å². The first-order valence-corrected chi connectivity index (χ1v) is 3.93. The maximum absolute atomic E-state index is 11.1.